The fourth-order valence-corrected chi connectivity index (χ4v) is 7.60. The highest BCUT2D eigenvalue weighted by molar-refractivity contribution is 6.19. The summed E-state index contributed by atoms with van der Waals surface area (Å²) in [5.41, 5.74) is 9.74. The minimum atomic E-state index is 0.248. The zero-order chi connectivity index (χ0) is 30.5. The van der Waals surface area contributed by atoms with E-state index in [0.29, 0.717) is 0 Å². The van der Waals surface area contributed by atoms with Gasteiger partial charge in [-0.15, -0.1) is 0 Å². The number of aromatic nitrogens is 2. The van der Waals surface area contributed by atoms with E-state index in [1.807, 2.05) is 6.20 Å². The molecule has 0 radical (unpaired) electrons. The summed E-state index contributed by atoms with van der Waals surface area (Å²) in [6.45, 7) is 0. The quantitative estimate of drug-likeness (QED) is 0.151. The summed E-state index contributed by atoms with van der Waals surface area (Å²) in [6, 6.07) is 48.1. The molecular weight excluding hydrogens is 556 g/mol. The van der Waals surface area contributed by atoms with Crippen LogP contribution in [0.1, 0.15) is 23.5 Å². The molecule has 2 nitrogen and oxygen atoms in total. The van der Waals surface area contributed by atoms with Crippen LogP contribution in [0.2, 0.25) is 0 Å². The second-order valence-electron chi connectivity index (χ2n) is 12.1. The first-order valence-electron chi connectivity index (χ1n) is 15.9. The van der Waals surface area contributed by atoms with E-state index in [1.165, 1.54) is 60.1 Å². The molecule has 2 heteroatoms. The van der Waals surface area contributed by atoms with E-state index < -0.39 is 0 Å². The van der Waals surface area contributed by atoms with Crippen LogP contribution >= 0.6 is 0 Å². The third-order valence-electron chi connectivity index (χ3n) is 9.54. The molecule has 0 spiro atoms. The molecule has 0 fully saturated rings. The molecule has 1 aromatic heterocycles. The molecule has 0 saturated carbocycles. The molecule has 1 unspecified atom stereocenters. The predicted molar refractivity (Wildman–Crippen MR) is 194 cm³/mol. The van der Waals surface area contributed by atoms with Gasteiger partial charge in [-0.1, -0.05) is 152 Å². The van der Waals surface area contributed by atoms with Gasteiger partial charge in [0, 0.05) is 23.1 Å². The lowest BCUT2D eigenvalue weighted by Gasteiger charge is -2.25. The van der Waals surface area contributed by atoms with Gasteiger partial charge in [-0.3, -0.25) is 0 Å². The molecule has 46 heavy (non-hydrogen) atoms. The molecule has 7 aromatic carbocycles. The van der Waals surface area contributed by atoms with Gasteiger partial charge in [0.15, 0.2) is 0 Å². The first-order valence-corrected chi connectivity index (χ1v) is 15.9. The lowest BCUT2D eigenvalue weighted by molar-refractivity contribution is 0.873. The Morgan fingerprint density at radius 2 is 1.00 bits per heavy atom. The van der Waals surface area contributed by atoms with Crippen molar-refractivity contribution in [3.05, 3.63) is 175 Å². The molecule has 216 valence electrons. The Kier molecular flexibility index (Phi) is 6.31. The van der Waals surface area contributed by atoms with E-state index in [1.54, 1.807) is 6.33 Å². The highest BCUT2D eigenvalue weighted by atomic mass is 14.8. The smallest absolute Gasteiger partial charge is 0.116 e. The molecule has 8 aromatic rings. The summed E-state index contributed by atoms with van der Waals surface area (Å²) >= 11 is 0. The summed E-state index contributed by atoms with van der Waals surface area (Å²) < 4.78 is 0. The lowest BCUT2D eigenvalue weighted by atomic mass is 9.79. The van der Waals surface area contributed by atoms with Crippen LogP contribution in [0.5, 0.6) is 0 Å². The molecule has 1 atom stereocenters. The zero-order valence-electron chi connectivity index (χ0n) is 25.3. The highest BCUT2D eigenvalue weighted by Crippen LogP contribution is 2.47. The third kappa shape index (κ3) is 4.18. The van der Waals surface area contributed by atoms with Crippen LogP contribution in [0.4, 0.5) is 0 Å². The zero-order valence-corrected chi connectivity index (χ0v) is 25.3. The Morgan fingerprint density at radius 3 is 1.59 bits per heavy atom. The van der Waals surface area contributed by atoms with Crippen LogP contribution in [0.15, 0.2) is 164 Å². The average molecular weight is 587 g/mol. The fraction of sp³-hybridized carbons (Fsp3) is 0.0455. The van der Waals surface area contributed by atoms with Gasteiger partial charge in [0.2, 0.25) is 0 Å². The summed E-state index contributed by atoms with van der Waals surface area (Å²) in [5.74, 6) is 0.248. The van der Waals surface area contributed by atoms with Gasteiger partial charge < -0.3 is 0 Å². The van der Waals surface area contributed by atoms with Crippen LogP contribution in [-0.4, -0.2) is 9.97 Å². The first-order chi connectivity index (χ1) is 22.9. The van der Waals surface area contributed by atoms with Gasteiger partial charge in [0.1, 0.15) is 6.33 Å². The maximum atomic E-state index is 4.86. The normalized spacial score (nSPS) is 14.7. The number of hydrogen-bond donors (Lipinski definition) is 0. The van der Waals surface area contributed by atoms with Crippen molar-refractivity contribution in [3.63, 3.8) is 0 Å². The van der Waals surface area contributed by atoms with E-state index in [9.17, 15) is 0 Å². The van der Waals surface area contributed by atoms with E-state index in [4.69, 9.17) is 4.98 Å². The molecule has 9 rings (SSSR count). The molecule has 0 bridgehead atoms. The minimum absolute atomic E-state index is 0.248. The van der Waals surface area contributed by atoms with Crippen LogP contribution in [0, 0.1) is 0 Å². The van der Waals surface area contributed by atoms with Crippen LogP contribution in [-0.2, 0) is 0 Å². The summed E-state index contributed by atoms with van der Waals surface area (Å²) in [7, 11) is 0. The number of allylic oxidation sites excluding steroid dienone is 4. The topological polar surface area (TPSA) is 25.8 Å². The van der Waals surface area contributed by atoms with Gasteiger partial charge in [-0.25, -0.2) is 9.97 Å². The van der Waals surface area contributed by atoms with Crippen molar-refractivity contribution in [2.24, 2.45) is 0 Å². The third-order valence-corrected chi connectivity index (χ3v) is 9.54. The number of nitrogens with zero attached hydrogens (tertiary/aromatic N) is 2. The number of hydrogen-bond acceptors (Lipinski definition) is 2. The Hall–Kier alpha value is -5.86. The molecule has 0 amide bonds. The maximum absolute atomic E-state index is 4.86. The minimum Gasteiger partial charge on any atom is -0.244 e. The van der Waals surface area contributed by atoms with E-state index in [0.717, 1.165) is 28.5 Å². The van der Waals surface area contributed by atoms with Crippen molar-refractivity contribution >= 4 is 48.8 Å². The summed E-state index contributed by atoms with van der Waals surface area (Å²) in [4.78, 5) is 9.28. The predicted octanol–water partition coefficient (Wildman–Crippen LogP) is 11.6. The molecule has 1 aliphatic carbocycles. The van der Waals surface area contributed by atoms with Crippen molar-refractivity contribution in [2.45, 2.75) is 12.3 Å². The second-order valence-corrected chi connectivity index (χ2v) is 12.1. The standard InChI is InChI=1S/C44H30N2/c1-3-13-29(14-4-1)40-35-19-9-11-21-37(35)41(38-22-12-10-20-36(38)40)31-23-25-32(26-24-31)42-34-18-8-7-17-33(34)39-27-45-28-46-44(39)43(42)30-15-5-2-6-16-30/h1-23,25-28,31H,24H2. The van der Waals surface area contributed by atoms with Crippen molar-refractivity contribution < 1.29 is 0 Å². The lowest BCUT2D eigenvalue weighted by Crippen LogP contribution is -2.03. The van der Waals surface area contributed by atoms with Crippen molar-refractivity contribution in [1.29, 1.82) is 0 Å². The molecule has 0 aliphatic heterocycles. The second kappa shape index (κ2) is 10.9. The molecule has 0 saturated heterocycles. The van der Waals surface area contributed by atoms with Gasteiger partial charge in [0.05, 0.1) is 5.52 Å². The van der Waals surface area contributed by atoms with E-state index >= 15 is 0 Å². The summed E-state index contributed by atoms with van der Waals surface area (Å²) in [5, 5.41) is 8.73. The van der Waals surface area contributed by atoms with E-state index in [-0.39, 0.29) is 5.92 Å². The highest BCUT2D eigenvalue weighted by Gasteiger charge is 2.24. The Morgan fingerprint density at radius 1 is 0.478 bits per heavy atom. The Balaban J connectivity index is 1.25. The Labute approximate surface area is 268 Å². The Bertz CT molecular complexity index is 2430. The van der Waals surface area contributed by atoms with Crippen LogP contribution in [0.25, 0.3) is 71.0 Å². The number of benzene rings is 7. The number of rotatable bonds is 4. The largest absolute Gasteiger partial charge is 0.244 e. The maximum Gasteiger partial charge on any atom is 0.116 e. The molecule has 1 aliphatic rings. The van der Waals surface area contributed by atoms with Crippen LogP contribution in [0.3, 0.4) is 0 Å². The first kappa shape index (κ1) is 26.5. The van der Waals surface area contributed by atoms with Crippen molar-refractivity contribution in [3.8, 4) is 22.3 Å². The fourth-order valence-electron chi connectivity index (χ4n) is 7.60. The van der Waals surface area contributed by atoms with E-state index in [2.05, 4.69) is 157 Å². The summed E-state index contributed by atoms with van der Waals surface area (Å²) in [6.07, 6.45) is 11.8. The van der Waals surface area contributed by atoms with Gasteiger partial charge in [-0.2, -0.15) is 0 Å². The van der Waals surface area contributed by atoms with Crippen LogP contribution < -0.4 is 0 Å². The molecule has 1 heterocycles. The van der Waals surface area contributed by atoms with Gasteiger partial charge in [-0.05, 0) is 72.1 Å². The van der Waals surface area contributed by atoms with Crippen molar-refractivity contribution in [2.75, 3.05) is 0 Å². The number of fused-ring (bicyclic) bond motifs is 5. The molecular formula is C44H30N2. The molecule has 0 N–H and O–H groups in total. The van der Waals surface area contributed by atoms with Gasteiger partial charge in [0.25, 0.3) is 0 Å². The average Bonchev–Trinajstić information content (AvgIpc) is 3.14. The monoisotopic (exact) mass is 586 g/mol. The SMILES string of the molecule is C1=CC(c2c3ccccc3c(-c3ccccc3)c3ccccc23)CC=C1c1c(-c2ccccc2)c2ncncc2c2ccccc12. The van der Waals surface area contributed by atoms with Crippen molar-refractivity contribution in [1.82, 2.24) is 9.97 Å². The van der Waals surface area contributed by atoms with Gasteiger partial charge >= 0.3 is 0 Å².